The minimum absolute atomic E-state index is 0.182. The van der Waals surface area contributed by atoms with Crippen LogP contribution in [0, 0.1) is 0 Å². The number of hydrogen-bond acceptors (Lipinski definition) is 4. The third kappa shape index (κ3) is 3.95. The van der Waals surface area contributed by atoms with E-state index in [1.165, 1.54) is 0 Å². The Balaban J connectivity index is 1.46. The maximum atomic E-state index is 12.5. The Morgan fingerprint density at radius 1 is 1.00 bits per heavy atom. The van der Waals surface area contributed by atoms with Crippen molar-refractivity contribution in [3.8, 4) is 11.3 Å². The number of amides is 1. The van der Waals surface area contributed by atoms with Gasteiger partial charge in [0.25, 0.3) is 5.91 Å². The summed E-state index contributed by atoms with van der Waals surface area (Å²) in [4.78, 5) is 16.8. The number of rotatable bonds is 3. The van der Waals surface area contributed by atoms with E-state index in [-0.39, 0.29) is 10.9 Å². The monoisotopic (exact) mass is 451 g/mol. The highest BCUT2D eigenvalue weighted by Crippen LogP contribution is 2.24. The number of nitrogens with one attached hydrogen (secondary N) is 2. The fraction of sp³-hybridized carbons (Fsp3) is 0. The molecule has 2 aromatic heterocycles. The van der Waals surface area contributed by atoms with Gasteiger partial charge in [0, 0.05) is 27.3 Å². The molecule has 0 saturated heterocycles. The molecule has 0 saturated carbocycles. The lowest BCUT2D eigenvalue weighted by Gasteiger charge is -2.10. The number of aromatic nitrogens is 1. The van der Waals surface area contributed by atoms with Crippen LogP contribution in [-0.4, -0.2) is 16.0 Å². The zero-order valence-electron chi connectivity index (χ0n) is 14.5. The fourth-order valence-electron chi connectivity index (χ4n) is 2.76. The number of halogens is 1. The quantitative estimate of drug-likeness (QED) is 0.409. The Morgan fingerprint density at radius 2 is 1.82 bits per heavy atom. The van der Waals surface area contributed by atoms with Crippen LogP contribution in [0.3, 0.4) is 0 Å². The Labute approximate surface area is 174 Å². The summed E-state index contributed by atoms with van der Waals surface area (Å²) in [5.41, 5.74) is 2.49. The summed E-state index contributed by atoms with van der Waals surface area (Å²) >= 11 is 8.68. The van der Waals surface area contributed by atoms with Crippen molar-refractivity contribution < 1.29 is 9.21 Å². The van der Waals surface area contributed by atoms with Gasteiger partial charge in [0.05, 0.1) is 5.52 Å². The SMILES string of the molecule is O=C(NC(=S)Nc1cccc2ncccc12)c1ccc(-c2ccc(Br)cc2)o1. The standard InChI is InChI=1S/C21H14BrN3O2S/c22-14-8-6-13(7-9-14)18-10-11-19(27-18)20(26)25-21(28)24-17-5-1-4-16-15(17)3-2-12-23-16/h1-12H,(H2,24,25,26,28). The molecule has 0 aliphatic carbocycles. The zero-order valence-corrected chi connectivity index (χ0v) is 16.9. The maximum absolute atomic E-state index is 12.5. The lowest BCUT2D eigenvalue weighted by Crippen LogP contribution is -2.33. The molecule has 7 heteroatoms. The van der Waals surface area contributed by atoms with Gasteiger partial charge in [0.15, 0.2) is 10.9 Å². The lowest BCUT2D eigenvalue weighted by molar-refractivity contribution is 0.0951. The van der Waals surface area contributed by atoms with Gasteiger partial charge in [0.2, 0.25) is 0 Å². The van der Waals surface area contributed by atoms with Crippen LogP contribution in [0.1, 0.15) is 10.6 Å². The molecule has 2 N–H and O–H groups in total. The highest BCUT2D eigenvalue weighted by Gasteiger charge is 2.14. The van der Waals surface area contributed by atoms with E-state index in [0.29, 0.717) is 5.76 Å². The molecule has 1 amide bonds. The minimum atomic E-state index is -0.417. The lowest BCUT2D eigenvalue weighted by atomic mass is 10.2. The van der Waals surface area contributed by atoms with Crippen molar-refractivity contribution in [3.05, 3.63) is 83.2 Å². The number of benzene rings is 2. The van der Waals surface area contributed by atoms with Crippen molar-refractivity contribution in [2.45, 2.75) is 0 Å². The van der Waals surface area contributed by atoms with E-state index in [4.69, 9.17) is 16.6 Å². The van der Waals surface area contributed by atoms with Gasteiger partial charge >= 0.3 is 0 Å². The smallest absolute Gasteiger partial charge is 0.293 e. The molecule has 0 spiro atoms. The fourth-order valence-corrected chi connectivity index (χ4v) is 3.23. The number of nitrogens with zero attached hydrogens (tertiary/aromatic N) is 1. The van der Waals surface area contributed by atoms with Crippen molar-refractivity contribution in [1.82, 2.24) is 10.3 Å². The van der Waals surface area contributed by atoms with Gasteiger partial charge in [-0.15, -0.1) is 0 Å². The number of carbonyl (C=O) groups is 1. The number of fused-ring (bicyclic) bond motifs is 1. The number of pyridine rings is 1. The average molecular weight is 452 g/mol. The third-order valence-corrected chi connectivity index (χ3v) is 4.81. The van der Waals surface area contributed by atoms with E-state index in [0.717, 1.165) is 26.6 Å². The van der Waals surface area contributed by atoms with Crippen LogP contribution >= 0.6 is 28.1 Å². The van der Waals surface area contributed by atoms with Gasteiger partial charge in [-0.3, -0.25) is 15.1 Å². The Kier molecular flexibility index (Phi) is 5.18. The topological polar surface area (TPSA) is 67.2 Å². The van der Waals surface area contributed by atoms with E-state index in [9.17, 15) is 4.79 Å². The van der Waals surface area contributed by atoms with Crippen molar-refractivity contribution in [1.29, 1.82) is 0 Å². The molecule has 0 aliphatic rings. The molecule has 28 heavy (non-hydrogen) atoms. The molecule has 2 heterocycles. The number of thiocarbonyl (C=S) groups is 1. The zero-order chi connectivity index (χ0) is 19.5. The largest absolute Gasteiger partial charge is 0.451 e. The molecular weight excluding hydrogens is 438 g/mol. The van der Waals surface area contributed by atoms with E-state index in [1.54, 1.807) is 18.3 Å². The summed E-state index contributed by atoms with van der Waals surface area (Å²) in [6.45, 7) is 0. The molecule has 0 unspecified atom stereocenters. The van der Waals surface area contributed by atoms with E-state index in [2.05, 4.69) is 31.5 Å². The molecule has 4 rings (SSSR count). The van der Waals surface area contributed by atoms with Crippen LogP contribution < -0.4 is 10.6 Å². The summed E-state index contributed by atoms with van der Waals surface area (Å²) in [5.74, 6) is 0.373. The van der Waals surface area contributed by atoms with Crippen LogP contribution in [0.25, 0.3) is 22.2 Å². The van der Waals surface area contributed by atoms with Crippen molar-refractivity contribution in [2.75, 3.05) is 5.32 Å². The Bertz CT molecular complexity index is 1170. The molecule has 5 nitrogen and oxygen atoms in total. The van der Waals surface area contributed by atoms with Gasteiger partial charge in [-0.2, -0.15) is 0 Å². The molecule has 2 aromatic carbocycles. The summed E-state index contributed by atoms with van der Waals surface area (Å²) < 4.78 is 6.64. The first-order chi connectivity index (χ1) is 13.6. The third-order valence-electron chi connectivity index (χ3n) is 4.08. The molecule has 0 fully saturated rings. The van der Waals surface area contributed by atoms with Crippen LogP contribution in [0.2, 0.25) is 0 Å². The maximum Gasteiger partial charge on any atom is 0.293 e. The summed E-state index contributed by atoms with van der Waals surface area (Å²) in [6.07, 6.45) is 1.73. The van der Waals surface area contributed by atoms with Crippen LogP contribution in [-0.2, 0) is 0 Å². The second-order valence-corrected chi connectivity index (χ2v) is 7.28. The summed E-state index contributed by atoms with van der Waals surface area (Å²) in [5, 5.41) is 6.78. The van der Waals surface area contributed by atoms with Crippen LogP contribution in [0.5, 0.6) is 0 Å². The van der Waals surface area contributed by atoms with Gasteiger partial charge in [-0.05, 0) is 60.7 Å². The van der Waals surface area contributed by atoms with Gasteiger partial charge < -0.3 is 9.73 Å². The molecule has 0 aliphatic heterocycles. The van der Waals surface area contributed by atoms with Crippen molar-refractivity contribution in [3.63, 3.8) is 0 Å². The van der Waals surface area contributed by atoms with Crippen LogP contribution in [0.15, 0.2) is 81.8 Å². The molecule has 0 bridgehead atoms. The van der Waals surface area contributed by atoms with Crippen molar-refractivity contribution >= 4 is 55.8 Å². The van der Waals surface area contributed by atoms with E-state index in [1.807, 2.05) is 54.6 Å². The predicted molar refractivity (Wildman–Crippen MR) is 117 cm³/mol. The number of carbonyl (C=O) groups excluding carboxylic acids is 1. The van der Waals surface area contributed by atoms with Gasteiger partial charge in [0.1, 0.15) is 5.76 Å². The number of anilines is 1. The first kappa shape index (κ1) is 18.3. The highest BCUT2D eigenvalue weighted by atomic mass is 79.9. The molecule has 138 valence electrons. The predicted octanol–water partition coefficient (Wildman–Crippen LogP) is 5.38. The number of hydrogen-bond donors (Lipinski definition) is 2. The van der Waals surface area contributed by atoms with Crippen molar-refractivity contribution in [2.24, 2.45) is 0 Å². The highest BCUT2D eigenvalue weighted by molar-refractivity contribution is 9.10. The van der Waals surface area contributed by atoms with Gasteiger partial charge in [-0.25, -0.2) is 0 Å². The van der Waals surface area contributed by atoms with Gasteiger partial charge in [-0.1, -0.05) is 34.1 Å². The molecule has 0 radical (unpaired) electrons. The second-order valence-electron chi connectivity index (χ2n) is 5.95. The normalized spacial score (nSPS) is 10.6. The number of furan rings is 1. The average Bonchev–Trinajstić information content (AvgIpc) is 3.19. The first-order valence-corrected chi connectivity index (χ1v) is 9.62. The summed E-state index contributed by atoms with van der Waals surface area (Å²) in [6, 6.07) is 20.5. The molecule has 0 atom stereocenters. The Hall–Kier alpha value is -3.03. The second kappa shape index (κ2) is 7.92. The minimum Gasteiger partial charge on any atom is -0.451 e. The van der Waals surface area contributed by atoms with E-state index < -0.39 is 5.91 Å². The Morgan fingerprint density at radius 3 is 2.64 bits per heavy atom. The molecular formula is C21H14BrN3O2S. The van der Waals surface area contributed by atoms with E-state index >= 15 is 0 Å². The molecule has 4 aromatic rings. The summed E-state index contributed by atoms with van der Waals surface area (Å²) in [7, 11) is 0. The first-order valence-electron chi connectivity index (χ1n) is 8.42. The van der Waals surface area contributed by atoms with Crippen LogP contribution in [0.4, 0.5) is 5.69 Å².